The smallest absolute Gasteiger partial charge is 0.128 e. The van der Waals surface area contributed by atoms with E-state index in [1.165, 1.54) is 24.9 Å². The van der Waals surface area contributed by atoms with Gasteiger partial charge in [0.15, 0.2) is 0 Å². The van der Waals surface area contributed by atoms with E-state index in [-0.39, 0.29) is 0 Å². The van der Waals surface area contributed by atoms with E-state index in [2.05, 4.69) is 43.7 Å². The van der Waals surface area contributed by atoms with E-state index in [4.69, 9.17) is 5.73 Å². The molecule has 0 radical (unpaired) electrons. The van der Waals surface area contributed by atoms with E-state index < -0.39 is 0 Å². The second kappa shape index (κ2) is 7.96. The quantitative estimate of drug-likeness (QED) is 0.807. The summed E-state index contributed by atoms with van der Waals surface area (Å²) in [4.78, 5) is 9.46. The van der Waals surface area contributed by atoms with Gasteiger partial charge in [0.1, 0.15) is 5.82 Å². The van der Waals surface area contributed by atoms with E-state index in [0.717, 1.165) is 49.4 Å². The van der Waals surface area contributed by atoms with Crippen molar-refractivity contribution in [3.63, 3.8) is 0 Å². The molecule has 2 N–H and O–H groups in total. The Bertz CT molecular complexity index is 416. The zero-order valence-corrected chi connectivity index (χ0v) is 13.9. The fourth-order valence-electron chi connectivity index (χ4n) is 2.55. The van der Waals surface area contributed by atoms with E-state index in [9.17, 15) is 0 Å². The minimum atomic E-state index is 0.822. The summed E-state index contributed by atoms with van der Waals surface area (Å²) in [5, 5.41) is 0. The maximum absolute atomic E-state index is 5.52. The third-order valence-electron chi connectivity index (χ3n) is 3.91. The molecule has 112 valence electrons. The van der Waals surface area contributed by atoms with Crippen LogP contribution in [-0.2, 0) is 0 Å². The second-order valence-corrected chi connectivity index (χ2v) is 6.32. The normalized spacial score (nSPS) is 16.6. The molecule has 0 bridgehead atoms. The number of piperazine rings is 1. The van der Waals surface area contributed by atoms with Gasteiger partial charge in [0, 0.05) is 36.8 Å². The number of nitrogens with two attached hydrogens (primary N) is 1. The van der Waals surface area contributed by atoms with Crippen LogP contribution in [0.1, 0.15) is 24.8 Å². The van der Waals surface area contributed by atoms with Crippen LogP contribution in [0.2, 0.25) is 0 Å². The Morgan fingerprint density at radius 2 is 1.95 bits per heavy atom. The monoisotopic (exact) mass is 340 g/mol. The number of pyridine rings is 1. The number of unbranched alkanes of at least 4 members (excludes halogenated alkanes) is 2. The highest BCUT2D eigenvalue weighted by Crippen LogP contribution is 2.21. The van der Waals surface area contributed by atoms with Crippen molar-refractivity contribution >= 4 is 21.7 Å². The summed E-state index contributed by atoms with van der Waals surface area (Å²) < 4.78 is 1.08. The molecule has 1 aliphatic rings. The Morgan fingerprint density at radius 3 is 2.60 bits per heavy atom. The van der Waals surface area contributed by atoms with Crippen LogP contribution in [0.5, 0.6) is 0 Å². The lowest BCUT2D eigenvalue weighted by Crippen LogP contribution is -2.46. The first kappa shape index (κ1) is 15.7. The Balaban J connectivity index is 1.77. The van der Waals surface area contributed by atoms with Gasteiger partial charge in [-0.1, -0.05) is 6.42 Å². The number of halogens is 1. The fourth-order valence-corrected chi connectivity index (χ4v) is 2.77. The van der Waals surface area contributed by atoms with Crippen LogP contribution >= 0.6 is 15.9 Å². The Labute approximate surface area is 130 Å². The molecule has 1 aromatic heterocycles. The molecule has 0 saturated carbocycles. The Morgan fingerprint density at radius 1 is 1.20 bits per heavy atom. The summed E-state index contributed by atoms with van der Waals surface area (Å²) in [5.74, 6) is 1.11. The van der Waals surface area contributed by atoms with Crippen LogP contribution in [0.3, 0.4) is 0 Å². The molecule has 0 aliphatic carbocycles. The molecule has 1 aliphatic heterocycles. The number of aryl methyl sites for hydroxylation is 1. The first-order valence-corrected chi connectivity index (χ1v) is 8.29. The van der Waals surface area contributed by atoms with Gasteiger partial charge < -0.3 is 10.6 Å². The summed E-state index contributed by atoms with van der Waals surface area (Å²) in [7, 11) is 0. The standard InChI is InChI=1S/C15H25BrN4/c1-13-11-15(18-12-14(13)16)20-9-7-19(8-10-20)6-4-2-3-5-17/h11-12H,2-10,17H2,1H3. The molecular formula is C15H25BrN4. The first-order chi connectivity index (χ1) is 9.70. The zero-order chi connectivity index (χ0) is 14.4. The molecule has 2 heterocycles. The number of rotatable bonds is 6. The lowest BCUT2D eigenvalue weighted by atomic mass is 10.2. The molecule has 5 heteroatoms. The van der Waals surface area contributed by atoms with Gasteiger partial charge in [-0.15, -0.1) is 0 Å². The lowest BCUT2D eigenvalue weighted by molar-refractivity contribution is 0.252. The van der Waals surface area contributed by atoms with Crippen molar-refractivity contribution in [1.82, 2.24) is 9.88 Å². The molecule has 0 unspecified atom stereocenters. The van der Waals surface area contributed by atoms with Crippen molar-refractivity contribution in [3.05, 3.63) is 22.3 Å². The largest absolute Gasteiger partial charge is 0.354 e. The summed E-state index contributed by atoms with van der Waals surface area (Å²) in [6.07, 6.45) is 5.59. The van der Waals surface area contributed by atoms with Crippen LogP contribution in [0, 0.1) is 6.92 Å². The van der Waals surface area contributed by atoms with Crippen molar-refractivity contribution < 1.29 is 0 Å². The van der Waals surface area contributed by atoms with Gasteiger partial charge in [0.2, 0.25) is 0 Å². The number of aromatic nitrogens is 1. The van der Waals surface area contributed by atoms with Crippen molar-refractivity contribution in [3.8, 4) is 0 Å². The predicted molar refractivity (Wildman–Crippen MR) is 88.2 cm³/mol. The molecule has 1 fully saturated rings. The van der Waals surface area contributed by atoms with Crippen LogP contribution in [0.15, 0.2) is 16.7 Å². The van der Waals surface area contributed by atoms with Gasteiger partial charge in [-0.05, 0) is 60.4 Å². The van der Waals surface area contributed by atoms with Crippen LogP contribution in [0.4, 0.5) is 5.82 Å². The maximum Gasteiger partial charge on any atom is 0.128 e. The highest BCUT2D eigenvalue weighted by molar-refractivity contribution is 9.10. The van der Waals surface area contributed by atoms with E-state index in [1.807, 2.05) is 6.20 Å². The average molecular weight is 341 g/mol. The lowest BCUT2D eigenvalue weighted by Gasteiger charge is -2.35. The molecule has 1 saturated heterocycles. The fraction of sp³-hybridized carbons (Fsp3) is 0.667. The number of nitrogens with zero attached hydrogens (tertiary/aromatic N) is 3. The number of hydrogen-bond acceptors (Lipinski definition) is 4. The number of hydrogen-bond donors (Lipinski definition) is 1. The Kier molecular flexibility index (Phi) is 6.26. The van der Waals surface area contributed by atoms with Crippen LogP contribution in [-0.4, -0.2) is 49.2 Å². The number of anilines is 1. The predicted octanol–water partition coefficient (Wildman–Crippen LogP) is 2.40. The molecule has 0 atom stereocenters. The van der Waals surface area contributed by atoms with Crippen molar-refractivity contribution in [2.45, 2.75) is 26.2 Å². The third kappa shape index (κ3) is 4.43. The highest BCUT2D eigenvalue weighted by Gasteiger charge is 2.17. The molecule has 4 nitrogen and oxygen atoms in total. The molecular weight excluding hydrogens is 316 g/mol. The van der Waals surface area contributed by atoms with Gasteiger partial charge in [0.25, 0.3) is 0 Å². The molecule has 0 amide bonds. The van der Waals surface area contributed by atoms with Crippen LogP contribution in [0.25, 0.3) is 0 Å². The Hall–Kier alpha value is -0.650. The molecule has 1 aromatic rings. The van der Waals surface area contributed by atoms with Crippen molar-refractivity contribution in [2.75, 3.05) is 44.2 Å². The molecule has 0 aromatic carbocycles. The van der Waals surface area contributed by atoms with Crippen molar-refractivity contribution in [2.24, 2.45) is 5.73 Å². The van der Waals surface area contributed by atoms with Crippen molar-refractivity contribution in [1.29, 1.82) is 0 Å². The van der Waals surface area contributed by atoms with E-state index in [0.29, 0.717) is 0 Å². The maximum atomic E-state index is 5.52. The first-order valence-electron chi connectivity index (χ1n) is 7.50. The topological polar surface area (TPSA) is 45.4 Å². The molecule has 2 rings (SSSR count). The zero-order valence-electron chi connectivity index (χ0n) is 12.3. The van der Waals surface area contributed by atoms with Gasteiger partial charge in [0.05, 0.1) is 0 Å². The van der Waals surface area contributed by atoms with Gasteiger partial charge in [-0.2, -0.15) is 0 Å². The SMILES string of the molecule is Cc1cc(N2CCN(CCCCCN)CC2)ncc1Br. The van der Waals surface area contributed by atoms with Gasteiger partial charge >= 0.3 is 0 Å². The summed E-state index contributed by atoms with van der Waals surface area (Å²) in [6.45, 7) is 8.57. The average Bonchev–Trinajstić information content (AvgIpc) is 2.47. The highest BCUT2D eigenvalue weighted by atomic mass is 79.9. The van der Waals surface area contributed by atoms with E-state index >= 15 is 0 Å². The van der Waals surface area contributed by atoms with E-state index in [1.54, 1.807) is 0 Å². The second-order valence-electron chi connectivity index (χ2n) is 5.47. The summed E-state index contributed by atoms with van der Waals surface area (Å²) >= 11 is 3.51. The summed E-state index contributed by atoms with van der Waals surface area (Å²) in [6, 6.07) is 2.17. The minimum Gasteiger partial charge on any atom is -0.354 e. The third-order valence-corrected chi connectivity index (χ3v) is 4.74. The van der Waals surface area contributed by atoms with Crippen LogP contribution < -0.4 is 10.6 Å². The molecule has 20 heavy (non-hydrogen) atoms. The molecule has 0 spiro atoms. The summed E-state index contributed by atoms with van der Waals surface area (Å²) in [5.41, 5.74) is 6.77. The van der Waals surface area contributed by atoms with Gasteiger partial charge in [-0.3, -0.25) is 4.90 Å². The van der Waals surface area contributed by atoms with Gasteiger partial charge in [-0.25, -0.2) is 4.98 Å². The minimum absolute atomic E-state index is 0.822.